The van der Waals surface area contributed by atoms with Crippen molar-refractivity contribution in [3.63, 3.8) is 0 Å². The first kappa shape index (κ1) is 22.0. The number of fused-ring (bicyclic) bond motifs is 5. The third-order valence-corrected chi connectivity index (χ3v) is 11.1. The van der Waals surface area contributed by atoms with Gasteiger partial charge in [0, 0.05) is 27.5 Å². The van der Waals surface area contributed by atoms with Crippen molar-refractivity contribution >= 4 is 17.5 Å². The normalized spacial score (nSPS) is 46.7. The first-order valence-electron chi connectivity index (χ1n) is 12.5. The summed E-state index contributed by atoms with van der Waals surface area (Å²) in [4.78, 5) is 14.8. The molecule has 4 aliphatic carbocycles. The number of benzene rings is 1. The van der Waals surface area contributed by atoms with Crippen LogP contribution in [0.25, 0.3) is 0 Å². The Balaban J connectivity index is 1.42. The van der Waals surface area contributed by atoms with E-state index in [4.69, 9.17) is 11.5 Å². The van der Waals surface area contributed by atoms with E-state index in [1.54, 1.807) is 11.8 Å². The molecule has 0 amide bonds. The predicted molar refractivity (Wildman–Crippen MR) is 129 cm³/mol. The molecular formula is C27H40N2OS. The molecule has 0 saturated heterocycles. The van der Waals surface area contributed by atoms with Gasteiger partial charge >= 0.3 is 0 Å². The zero-order valence-corrected chi connectivity index (χ0v) is 20.3. The SMILES string of the molecule is CSc1ccc(C(=O)[C@H]2CCC3[C@]4(N)CC[C@@H]5C[C@@H](C)CC[C@]5(N)C4CC[C@@]32C)cc1. The van der Waals surface area contributed by atoms with E-state index >= 15 is 0 Å². The molecule has 4 N–H and O–H groups in total. The van der Waals surface area contributed by atoms with Crippen LogP contribution in [0.4, 0.5) is 0 Å². The summed E-state index contributed by atoms with van der Waals surface area (Å²) in [6.45, 7) is 4.77. The molecule has 1 aromatic rings. The first-order chi connectivity index (χ1) is 14.7. The van der Waals surface area contributed by atoms with Crippen LogP contribution < -0.4 is 11.5 Å². The van der Waals surface area contributed by atoms with E-state index in [1.807, 2.05) is 12.1 Å². The zero-order valence-electron chi connectivity index (χ0n) is 19.5. The summed E-state index contributed by atoms with van der Waals surface area (Å²) < 4.78 is 0. The molecule has 3 nitrogen and oxygen atoms in total. The minimum atomic E-state index is -0.198. The van der Waals surface area contributed by atoms with Crippen LogP contribution in [0, 0.1) is 35.0 Å². The largest absolute Gasteiger partial charge is 0.325 e. The summed E-state index contributed by atoms with van der Waals surface area (Å²) in [5.41, 5.74) is 15.3. The molecule has 5 rings (SSSR count). The minimum absolute atomic E-state index is 0.00562. The molecule has 2 unspecified atom stereocenters. The molecule has 4 heteroatoms. The topological polar surface area (TPSA) is 69.1 Å². The summed E-state index contributed by atoms with van der Waals surface area (Å²) >= 11 is 1.72. The van der Waals surface area contributed by atoms with Crippen molar-refractivity contribution in [3.8, 4) is 0 Å². The molecule has 4 aliphatic rings. The lowest BCUT2D eigenvalue weighted by Gasteiger charge is -2.65. The van der Waals surface area contributed by atoms with Crippen LogP contribution in [0.15, 0.2) is 29.2 Å². The highest BCUT2D eigenvalue weighted by molar-refractivity contribution is 7.98. The van der Waals surface area contributed by atoms with Gasteiger partial charge in [-0.1, -0.05) is 26.0 Å². The van der Waals surface area contributed by atoms with Crippen molar-refractivity contribution in [2.24, 2.45) is 46.5 Å². The third kappa shape index (κ3) is 3.19. The number of ketones is 1. The molecule has 31 heavy (non-hydrogen) atoms. The average molecular weight is 441 g/mol. The van der Waals surface area contributed by atoms with Crippen molar-refractivity contribution < 1.29 is 4.79 Å². The van der Waals surface area contributed by atoms with E-state index in [2.05, 4.69) is 32.2 Å². The van der Waals surface area contributed by atoms with E-state index in [1.165, 1.54) is 24.2 Å². The standard InChI is InChI=1S/C27H40N2OS/c1-17-10-14-26(28)19(16-17)11-15-27(29)22-9-8-21(25(22,2)13-12-23(26)27)24(30)18-4-6-20(31-3)7-5-18/h4-7,17,19,21-23H,8-16,28-29H2,1-3H3/t17-,19+,21+,22?,23?,25+,26+,27+/m0/s1. The smallest absolute Gasteiger partial charge is 0.166 e. The van der Waals surface area contributed by atoms with Crippen molar-refractivity contribution in [1.29, 1.82) is 0 Å². The Labute approximate surface area is 192 Å². The second kappa shape index (κ2) is 7.60. The lowest BCUT2D eigenvalue weighted by atomic mass is 9.43. The molecule has 170 valence electrons. The number of rotatable bonds is 3. The van der Waals surface area contributed by atoms with Gasteiger partial charge in [-0.15, -0.1) is 11.8 Å². The van der Waals surface area contributed by atoms with Gasteiger partial charge in [0.1, 0.15) is 0 Å². The highest BCUT2D eigenvalue weighted by Gasteiger charge is 2.66. The number of carbonyl (C=O) groups is 1. The molecule has 0 aromatic heterocycles. The Morgan fingerprint density at radius 3 is 2.35 bits per heavy atom. The Morgan fingerprint density at radius 1 is 0.935 bits per heavy atom. The van der Waals surface area contributed by atoms with Gasteiger partial charge in [-0.3, -0.25) is 4.79 Å². The van der Waals surface area contributed by atoms with Gasteiger partial charge in [-0.2, -0.15) is 0 Å². The molecule has 4 saturated carbocycles. The molecule has 8 atom stereocenters. The maximum atomic E-state index is 13.6. The third-order valence-electron chi connectivity index (χ3n) is 10.4. The Kier molecular flexibility index (Phi) is 5.39. The van der Waals surface area contributed by atoms with E-state index in [9.17, 15) is 4.79 Å². The summed E-state index contributed by atoms with van der Waals surface area (Å²) in [5.74, 6) is 2.69. The van der Waals surface area contributed by atoms with Crippen LogP contribution in [0.2, 0.25) is 0 Å². The maximum Gasteiger partial charge on any atom is 0.166 e. The van der Waals surface area contributed by atoms with Gasteiger partial charge in [0.05, 0.1) is 0 Å². The minimum Gasteiger partial charge on any atom is -0.325 e. The average Bonchev–Trinajstić information content (AvgIpc) is 3.12. The van der Waals surface area contributed by atoms with Crippen molar-refractivity contribution in [1.82, 2.24) is 0 Å². The van der Waals surface area contributed by atoms with Crippen LogP contribution in [0.5, 0.6) is 0 Å². The Morgan fingerprint density at radius 2 is 1.65 bits per heavy atom. The lowest BCUT2D eigenvalue weighted by Crippen LogP contribution is -2.73. The predicted octanol–water partition coefficient (Wildman–Crippen LogP) is 5.66. The second-order valence-corrected chi connectivity index (χ2v) is 12.6. The molecule has 0 spiro atoms. The van der Waals surface area contributed by atoms with Gasteiger partial charge in [0.25, 0.3) is 0 Å². The fourth-order valence-corrected chi connectivity index (χ4v) is 9.14. The van der Waals surface area contributed by atoms with Crippen molar-refractivity contribution in [2.75, 3.05) is 6.26 Å². The van der Waals surface area contributed by atoms with Crippen molar-refractivity contribution in [2.45, 2.75) is 87.6 Å². The van der Waals surface area contributed by atoms with Gasteiger partial charge in [-0.05, 0) is 105 Å². The number of thioether (sulfide) groups is 1. The fourth-order valence-electron chi connectivity index (χ4n) is 8.73. The molecule has 0 bridgehead atoms. The lowest BCUT2D eigenvalue weighted by molar-refractivity contribution is -0.0942. The van der Waals surface area contributed by atoms with E-state index in [0.717, 1.165) is 50.0 Å². The number of Topliss-reactive ketones (excluding diaryl/α,β-unsaturated/α-hetero) is 1. The zero-order chi connectivity index (χ0) is 22.0. The van der Waals surface area contributed by atoms with Crippen LogP contribution >= 0.6 is 11.8 Å². The van der Waals surface area contributed by atoms with Gasteiger partial charge in [0.15, 0.2) is 5.78 Å². The van der Waals surface area contributed by atoms with Crippen LogP contribution in [0.3, 0.4) is 0 Å². The maximum absolute atomic E-state index is 13.6. The highest BCUT2D eigenvalue weighted by atomic mass is 32.2. The summed E-state index contributed by atoms with van der Waals surface area (Å²) in [6, 6.07) is 8.21. The Hall–Kier alpha value is -0.840. The molecule has 0 radical (unpaired) electrons. The van der Waals surface area contributed by atoms with Crippen LogP contribution in [-0.2, 0) is 0 Å². The molecule has 0 aliphatic heterocycles. The number of carbonyl (C=O) groups excluding carboxylic acids is 1. The second-order valence-electron chi connectivity index (χ2n) is 11.7. The number of hydrogen-bond acceptors (Lipinski definition) is 4. The van der Waals surface area contributed by atoms with Gasteiger partial charge in [-0.25, -0.2) is 0 Å². The van der Waals surface area contributed by atoms with Gasteiger partial charge < -0.3 is 11.5 Å². The molecule has 1 aromatic carbocycles. The van der Waals surface area contributed by atoms with Crippen LogP contribution in [-0.4, -0.2) is 23.1 Å². The van der Waals surface area contributed by atoms with E-state index in [0.29, 0.717) is 23.5 Å². The molecule has 4 fully saturated rings. The monoisotopic (exact) mass is 440 g/mol. The number of nitrogens with two attached hydrogens (primary N) is 2. The van der Waals surface area contributed by atoms with Crippen molar-refractivity contribution in [3.05, 3.63) is 29.8 Å². The highest BCUT2D eigenvalue weighted by Crippen LogP contribution is 2.66. The first-order valence-corrected chi connectivity index (χ1v) is 13.7. The summed E-state index contributed by atoms with van der Waals surface area (Å²) in [7, 11) is 0. The summed E-state index contributed by atoms with van der Waals surface area (Å²) in [5, 5.41) is 0. The fraction of sp³-hybridized carbons (Fsp3) is 0.741. The molecule has 0 heterocycles. The van der Waals surface area contributed by atoms with Crippen LogP contribution in [0.1, 0.15) is 82.0 Å². The Bertz CT molecular complexity index is 855. The quantitative estimate of drug-likeness (QED) is 0.470. The van der Waals surface area contributed by atoms with E-state index < -0.39 is 0 Å². The van der Waals surface area contributed by atoms with Gasteiger partial charge in [0.2, 0.25) is 0 Å². The van der Waals surface area contributed by atoms with E-state index in [-0.39, 0.29) is 22.4 Å². The number of hydrogen-bond donors (Lipinski definition) is 2. The summed E-state index contributed by atoms with van der Waals surface area (Å²) in [6.07, 6.45) is 12.3. The molecular weight excluding hydrogens is 400 g/mol.